The van der Waals surface area contributed by atoms with Crippen LogP contribution in [0.2, 0.25) is 0 Å². The molecule has 5 rings (SSSR count). The van der Waals surface area contributed by atoms with E-state index in [4.69, 9.17) is 4.74 Å². The third-order valence-corrected chi connectivity index (χ3v) is 5.93. The van der Waals surface area contributed by atoms with E-state index in [2.05, 4.69) is 10.2 Å². The van der Waals surface area contributed by atoms with Crippen molar-refractivity contribution in [2.75, 3.05) is 25.1 Å². The van der Waals surface area contributed by atoms with Crippen LogP contribution in [0, 0.1) is 5.82 Å². The van der Waals surface area contributed by atoms with Gasteiger partial charge in [0.05, 0.1) is 37.4 Å². The molecule has 180 valence electrons. The van der Waals surface area contributed by atoms with E-state index >= 15 is 4.39 Å². The maximum Gasteiger partial charge on any atom is 0.265 e. The molecule has 0 unspecified atom stereocenters. The van der Waals surface area contributed by atoms with Gasteiger partial charge in [0.25, 0.3) is 11.4 Å². The summed E-state index contributed by atoms with van der Waals surface area (Å²) >= 11 is 0. The maximum atomic E-state index is 15.2. The van der Waals surface area contributed by atoms with Crippen LogP contribution in [0.1, 0.15) is 12.8 Å². The number of hydrogen-bond acceptors (Lipinski definition) is 5. The minimum absolute atomic E-state index is 0.0184. The molecule has 0 saturated carbocycles. The van der Waals surface area contributed by atoms with Crippen LogP contribution in [0.4, 0.5) is 18.9 Å². The van der Waals surface area contributed by atoms with Crippen molar-refractivity contribution in [1.29, 1.82) is 0 Å². The van der Waals surface area contributed by atoms with Crippen LogP contribution in [0.15, 0.2) is 71.8 Å². The van der Waals surface area contributed by atoms with Crippen LogP contribution in [0.3, 0.4) is 0 Å². The predicted octanol–water partition coefficient (Wildman–Crippen LogP) is 4.47. The molecule has 0 aliphatic carbocycles. The molecular formula is C25H22F3N5O2. The van der Waals surface area contributed by atoms with Crippen molar-refractivity contribution in [3.63, 3.8) is 0 Å². The smallest absolute Gasteiger partial charge is 0.265 e. The molecule has 0 bridgehead atoms. The van der Waals surface area contributed by atoms with Crippen molar-refractivity contribution in [2.45, 2.75) is 18.8 Å². The van der Waals surface area contributed by atoms with E-state index in [1.165, 1.54) is 41.2 Å². The second-order valence-corrected chi connectivity index (χ2v) is 8.30. The summed E-state index contributed by atoms with van der Waals surface area (Å²) in [6, 6.07) is 15.1. The van der Waals surface area contributed by atoms with Gasteiger partial charge in [-0.05, 0) is 42.8 Å². The number of ether oxygens (including phenoxy) is 1. The van der Waals surface area contributed by atoms with Crippen LogP contribution in [-0.2, 0) is 0 Å². The number of anilines is 1. The molecule has 0 N–H and O–H groups in total. The average Bonchev–Trinajstić information content (AvgIpc) is 3.34. The lowest BCUT2D eigenvalue weighted by molar-refractivity contribution is -0.0116. The molecule has 0 spiro atoms. The average molecular weight is 481 g/mol. The van der Waals surface area contributed by atoms with E-state index in [0.29, 0.717) is 24.3 Å². The molecule has 10 heteroatoms. The Hall–Kier alpha value is -4.08. The molecule has 2 aromatic heterocycles. The first-order chi connectivity index (χ1) is 16.9. The minimum atomic E-state index is -2.81. The number of halogens is 3. The summed E-state index contributed by atoms with van der Waals surface area (Å²) in [5.74, 6) is -3.51. The van der Waals surface area contributed by atoms with Crippen molar-refractivity contribution in [1.82, 2.24) is 19.6 Å². The summed E-state index contributed by atoms with van der Waals surface area (Å²) in [5.41, 5.74) is 1.07. The topological polar surface area (TPSA) is 65.2 Å². The molecule has 1 fully saturated rings. The first kappa shape index (κ1) is 22.7. The van der Waals surface area contributed by atoms with Crippen molar-refractivity contribution < 1.29 is 17.9 Å². The summed E-state index contributed by atoms with van der Waals surface area (Å²) in [4.78, 5) is 14.5. The van der Waals surface area contributed by atoms with Gasteiger partial charge >= 0.3 is 0 Å². The van der Waals surface area contributed by atoms with Gasteiger partial charge in [0.15, 0.2) is 17.3 Å². The van der Waals surface area contributed by atoms with Gasteiger partial charge in [-0.1, -0.05) is 18.2 Å². The highest BCUT2D eigenvalue weighted by molar-refractivity contribution is 5.60. The van der Waals surface area contributed by atoms with Crippen molar-refractivity contribution in [3.8, 4) is 28.5 Å². The third-order valence-electron chi connectivity index (χ3n) is 5.93. The van der Waals surface area contributed by atoms with E-state index in [-0.39, 0.29) is 23.6 Å². The number of aromatic nitrogens is 4. The van der Waals surface area contributed by atoms with Gasteiger partial charge in [-0.2, -0.15) is 10.2 Å². The zero-order chi connectivity index (χ0) is 24.6. The zero-order valence-corrected chi connectivity index (χ0v) is 18.9. The number of para-hydroxylation sites is 1. The summed E-state index contributed by atoms with van der Waals surface area (Å²) in [5, 5.41) is 8.70. The molecule has 0 atom stereocenters. The highest BCUT2D eigenvalue weighted by Crippen LogP contribution is 2.31. The maximum absolute atomic E-state index is 15.2. The Balaban J connectivity index is 1.57. The Labute approximate surface area is 199 Å². The second kappa shape index (κ2) is 8.94. The molecule has 0 radical (unpaired) electrons. The molecule has 0 amide bonds. The molecule has 7 nitrogen and oxygen atoms in total. The monoisotopic (exact) mass is 481 g/mol. The van der Waals surface area contributed by atoms with E-state index in [0.717, 1.165) is 5.69 Å². The lowest BCUT2D eigenvalue weighted by atomic mass is 10.1. The summed E-state index contributed by atoms with van der Waals surface area (Å²) in [6.45, 7) is -0.0321. The number of rotatable bonds is 5. The number of methoxy groups -OCH3 is 1. The highest BCUT2D eigenvalue weighted by atomic mass is 19.3. The first-order valence-electron chi connectivity index (χ1n) is 11.1. The number of benzene rings is 2. The van der Waals surface area contributed by atoms with Crippen LogP contribution in [0.25, 0.3) is 22.8 Å². The predicted molar refractivity (Wildman–Crippen MR) is 125 cm³/mol. The fourth-order valence-electron chi connectivity index (χ4n) is 4.23. The molecule has 3 heterocycles. The normalized spacial score (nSPS) is 15.3. The van der Waals surface area contributed by atoms with Crippen LogP contribution >= 0.6 is 0 Å². The van der Waals surface area contributed by atoms with E-state index in [1.807, 2.05) is 30.3 Å². The molecule has 1 aliphatic heterocycles. The second-order valence-electron chi connectivity index (χ2n) is 8.30. The Morgan fingerprint density at radius 3 is 2.57 bits per heavy atom. The molecule has 35 heavy (non-hydrogen) atoms. The number of hydrogen-bond donors (Lipinski definition) is 0. The number of alkyl halides is 2. The standard InChI is InChI=1S/C25H22F3N5O2/c1-35-22-15-32(20-9-8-18(14-19(20)26)31-13-5-11-25(27,28)16-31)30-23(24(22)34)21-10-12-29-33(21)17-6-3-2-4-7-17/h2-4,6-10,12,14-15H,5,11,13,16H2,1H3. The zero-order valence-electron chi connectivity index (χ0n) is 18.9. The van der Waals surface area contributed by atoms with Gasteiger partial charge in [-0.3, -0.25) is 4.79 Å². The fraction of sp³-hybridized carbons (Fsp3) is 0.240. The summed E-state index contributed by atoms with van der Waals surface area (Å²) in [7, 11) is 1.34. The molecule has 1 aliphatic rings. The number of nitrogens with zero attached hydrogens (tertiary/aromatic N) is 5. The fourth-order valence-corrected chi connectivity index (χ4v) is 4.23. The largest absolute Gasteiger partial charge is 0.491 e. The quantitative estimate of drug-likeness (QED) is 0.421. The highest BCUT2D eigenvalue weighted by Gasteiger charge is 2.35. The summed E-state index contributed by atoms with van der Waals surface area (Å²) in [6.07, 6.45) is 2.99. The Bertz CT molecular complexity index is 1420. The Morgan fingerprint density at radius 1 is 1.06 bits per heavy atom. The van der Waals surface area contributed by atoms with Gasteiger partial charge in [0, 0.05) is 18.7 Å². The van der Waals surface area contributed by atoms with Gasteiger partial charge in [0.1, 0.15) is 5.69 Å². The lowest BCUT2D eigenvalue weighted by Crippen LogP contribution is -2.42. The third kappa shape index (κ3) is 4.39. The van der Waals surface area contributed by atoms with Crippen molar-refractivity contribution in [3.05, 3.63) is 83.0 Å². The SMILES string of the molecule is COc1cn(-c2ccc(N3CCCC(F)(F)C3)cc2F)nc(-c2ccnn2-c2ccccc2)c1=O. The molecule has 4 aromatic rings. The van der Waals surface area contributed by atoms with Crippen molar-refractivity contribution >= 4 is 5.69 Å². The summed E-state index contributed by atoms with van der Waals surface area (Å²) < 4.78 is 50.9. The lowest BCUT2D eigenvalue weighted by Gasteiger charge is -2.34. The minimum Gasteiger partial charge on any atom is -0.491 e. The van der Waals surface area contributed by atoms with Gasteiger partial charge in [0.2, 0.25) is 0 Å². The van der Waals surface area contributed by atoms with E-state index < -0.39 is 23.7 Å². The van der Waals surface area contributed by atoms with Crippen LogP contribution < -0.4 is 15.1 Å². The van der Waals surface area contributed by atoms with Gasteiger partial charge < -0.3 is 9.64 Å². The van der Waals surface area contributed by atoms with Crippen LogP contribution in [0.5, 0.6) is 5.75 Å². The van der Waals surface area contributed by atoms with Gasteiger partial charge in [-0.25, -0.2) is 22.5 Å². The Kier molecular flexibility index (Phi) is 5.80. The Morgan fingerprint density at radius 2 is 1.86 bits per heavy atom. The van der Waals surface area contributed by atoms with Crippen molar-refractivity contribution in [2.24, 2.45) is 0 Å². The van der Waals surface area contributed by atoms with E-state index in [9.17, 15) is 13.6 Å². The molecule has 1 saturated heterocycles. The molecule has 2 aromatic carbocycles. The van der Waals surface area contributed by atoms with Gasteiger partial charge in [-0.15, -0.1) is 0 Å². The van der Waals surface area contributed by atoms with Crippen LogP contribution in [-0.4, -0.2) is 45.7 Å². The first-order valence-corrected chi connectivity index (χ1v) is 11.1. The number of piperidine rings is 1. The van der Waals surface area contributed by atoms with E-state index in [1.54, 1.807) is 16.8 Å². The molecular weight excluding hydrogens is 459 g/mol.